The van der Waals surface area contributed by atoms with E-state index in [0.717, 1.165) is 11.1 Å². The highest BCUT2D eigenvalue weighted by molar-refractivity contribution is 5.77. The van der Waals surface area contributed by atoms with Gasteiger partial charge in [-0.15, -0.1) is 0 Å². The first kappa shape index (κ1) is 17.7. The molecule has 0 aliphatic rings. The molecule has 26 heavy (non-hydrogen) atoms. The Bertz CT molecular complexity index is 905. The smallest absolute Gasteiger partial charge is 0.188 e. The molecule has 0 saturated heterocycles. The topological polar surface area (TPSA) is 76.4 Å². The average Bonchev–Trinajstić information content (AvgIpc) is 3.15. The molecule has 134 valence electrons. The van der Waals surface area contributed by atoms with Crippen LogP contribution in [0.5, 0.6) is 0 Å². The second kappa shape index (κ2) is 7.82. The van der Waals surface area contributed by atoms with Gasteiger partial charge in [0.2, 0.25) is 0 Å². The Hall–Kier alpha value is -3.15. The van der Waals surface area contributed by atoms with Crippen LogP contribution in [0.25, 0.3) is 11.1 Å². The largest absolute Gasteiger partial charge is 0.370 e. The summed E-state index contributed by atoms with van der Waals surface area (Å²) in [6, 6.07) is 16.6. The van der Waals surface area contributed by atoms with E-state index in [1.807, 2.05) is 49.4 Å². The van der Waals surface area contributed by atoms with Gasteiger partial charge in [-0.2, -0.15) is 0 Å². The maximum absolute atomic E-state index is 14.6. The van der Waals surface area contributed by atoms with Gasteiger partial charge in [0.05, 0.1) is 6.54 Å². The molecule has 1 atom stereocenters. The predicted octanol–water partition coefficient (Wildman–Crippen LogP) is 3.67. The van der Waals surface area contributed by atoms with Gasteiger partial charge in [-0.1, -0.05) is 54.5 Å². The molecule has 0 fully saturated rings. The lowest BCUT2D eigenvalue weighted by Crippen LogP contribution is -2.30. The third-order valence-corrected chi connectivity index (χ3v) is 4.27. The van der Waals surface area contributed by atoms with Crippen molar-refractivity contribution in [3.05, 3.63) is 77.4 Å². The number of hydrogen-bond acceptors (Lipinski definition) is 3. The molecular formula is C20H21FN4O. The minimum atomic E-state index is -0.256. The fraction of sp³-hybridized carbons (Fsp3) is 0.200. The van der Waals surface area contributed by atoms with E-state index >= 15 is 0 Å². The number of nitrogens with two attached hydrogens (primary N) is 1. The van der Waals surface area contributed by atoms with Gasteiger partial charge < -0.3 is 15.6 Å². The fourth-order valence-electron chi connectivity index (χ4n) is 2.69. The van der Waals surface area contributed by atoms with Crippen LogP contribution in [0.2, 0.25) is 0 Å². The molecule has 0 spiro atoms. The summed E-state index contributed by atoms with van der Waals surface area (Å²) in [6.07, 6.45) is 0. The summed E-state index contributed by atoms with van der Waals surface area (Å²) >= 11 is 0. The molecule has 5 nitrogen and oxygen atoms in total. The van der Waals surface area contributed by atoms with Crippen molar-refractivity contribution in [2.45, 2.75) is 19.4 Å². The van der Waals surface area contributed by atoms with Crippen LogP contribution in [-0.4, -0.2) is 18.2 Å². The maximum Gasteiger partial charge on any atom is 0.188 e. The van der Waals surface area contributed by atoms with Crippen LogP contribution < -0.4 is 11.1 Å². The zero-order chi connectivity index (χ0) is 18.5. The van der Waals surface area contributed by atoms with Gasteiger partial charge in [0, 0.05) is 24.6 Å². The van der Waals surface area contributed by atoms with Crippen LogP contribution in [0.4, 0.5) is 4.39 Å². The molecule has 3 rings (SSSR count). The number of halogens is 1. The Balaban J connectivity index is 1.77. The van der Waals surface area contributed by atoms with E-state index in [-0.39, 0.29) is 11.7 Å². The van der Waals surface area contributed by atoms with Crippen molar-refractivity contribution in [3.8, 4) is 11.1 Å². The van der Waals surface area contributed by atoms with Crippen LogP contribution in [0.3, 0.4) is 0 Å². The molecule has 0 amide bonds. The average molecular weight is 352 g/mol. The van der Waals surface area contributed by atoms with E-state index in [1.165, 1.54) is 0 Å². The molecule has 0 bridgehead atoms. The van der Waals surface area contributed by atoms with E-state index in [1.54, 1.807) is 19.2 Å². The molecule has 0 aliphatic heterocycles. The highest BCUT2D eigenvalue weighted by Gasteiger charge is 2.16. The second-order valence-electron chi connectivity index (χ2n) is 6.01. The second-order valence-corrected chi connectivity index (χ2v) is 6.01. The summed E-state index contributed by atoms with van der Waals surface area (Å²) in [5.41, 5.74) is 8.57. The molecule has 3 N–H and O–H groups in total. The summed E-state index contributed by atoms with van der Waals surface area (Å²) in [7, 11) is 1.60. The van der Waals surface area contributed by atoms with Gasteiger partial charge in [-0.25, -0.2) is 4.39 Å². The molecule has 1 heterocycles. The maximum atomic E-state index is 14.6. The van der Waals surface area contributed by atoms with Gasteiger partial charge in [0.25, 0.3) is 0 Å². The van der Waals surface area contributed by atoms with Crippen molar-refractivity contribution in [2.24, 2.45) is 10.7 Å². The lowest BCUT2D eigenvalue weighted by molar-refractivity contribution is 0.369. The number of aromatic nitrogens is 1. The normalized spacial score (nSPS) is 12.8. The zero-order valence-electron chi connectivity index (χ0n) is 14.7. The van der Waals surface area contributed by atoms with E-state index in [0.29, 0.717) is 29.5 Å². The highest BCUT2D eigenvalue weighted by Crippen LogP contribution is 2.29. The molecule has 6 heteroatoms. The third-order valence-electron chi connectivity index (χ3n) is 4.27. The van der Waals surface area contributed by atoms with Crippen molar-refractivity contribution in [1.29, 1.82) is 0 Å². The van der Waals surface area contributed by atoms with E-state index in [2.05, 4.69) is 15.5 Å². The van der Waals surface area contributed by atoms with Gasteiger partial charge in [0.15, 0.2) is 5.96 Å². The molecule has 1 aromatic heterocycles. The number of nitrogens with one attached hydrogen (secondary N) is 1. The molecule has 1 unspecified atom stereocenters. The Labute approximate surface area is 151 Å². The van der Waals surface area contributed by atoms with E-state index < -0.39 is 0 Å². The van der Waals surface area contributed by atoms with Crippen molar-refractivity contribution in [2.75, 3.05) is 7.05 Å². The molecule has 2 aromatic carbocycles. The lowest BCUT2D eigenvalue weighted by atomic mass is 9.95. The SMILES string of the molecule is CN=C(N)NCc1cc(C(C)c2ccc(-c3ccccc3)c(F)c2)on1. The monoisotopic (exact) mass is 352 g/mol. The minimum Gasteiger partial charge on any atom is -0.370 e. The van der Waals surface area contributed by atoms with Crippen molar-refractivity contribution < 1.29 is 8.91 Å². The Morgan fingerprint density at radius 2 is 2.00 bits per heavy atom. The van der Waals surface area contributed by atoms with E-state index in [4.69, 9.17) is 10.3 Å². The van der Waals surface area contributed by atoms with Crippen molar-refractivity contribution in [3.63, 3.8) is 0 Å². The van der Waals surface area contributed by atoms with Crippen LogP contribution in [0, 0.1) is 5.82 Å². The molecule has 0 aliphatic carbocycles. The summed E-state index contributed by atoms with van der Waals surface area (Å²) in [5.74, 6) is 0.628. The number of benzene rings is 2. The lowest BCUT2D eigenvalue weighted by Gasteiger charge is -2.10. The van der Waals surface area contributed by atoms with Gasteiger partial charge in [-0.3, -0.25) is 4.99 Å². The zero-order valence-corrected chi connectivity index (χ0v) is 14.7. The van der Waals surface area contributed by atoms with Crippen LogP contribution in [-0.2, 0) is 6.54 Å². The number of rotatable bonds is 5. The first-order valence-electron chi connectivity index (χ1n) is 8.35. The summed E-state index contributed by atoms with van der Waals surface area (Å²) in [4.78, 5) is 3.82. The number of guanidine groups is 1. The Morgan fingerprint density at radius 3 is 2.69 bits per heavy atom. The molecule has 0 radical (unpaired) electrons. The molecular weight excluding hydrogens is 331 g/mol. The minimum absolute atomic E-state index is 0.118. The highest BCUT2D eigenvalue weighted by atomic mass is 19.1. The number of hydrogen-bond donors (Lipinski definition) is 2. The van der Waals surface area contributed by atoms with Gasteiger partial charge >= 0.3 is 0 Å². The number of nitrogens with zero attached hydrogens (tertiary/aromatic N) is 2. The standard InChI is InChI=1S/C20H21FN4O/c1-13(19-11-16(25-26-19)12-24-20(22)23-2)15-8-9-17(18(21)10-15)14-6-4-3-5-7-14/h3-11,13H,12H2,1-2H3,(H3,22,23,24). The quantitative estimate of drug-likeness (QED) is 0.543. The first-order valence-corrected chi connectivity index (χ1v) is 8.35. The summed E-state index contributed by atoms with van der Waals surface area (Å²) < 4.78 is 20.0. The molecule has 0 saturated carbocycles. The van der Waals surface area contributed by atoms with Gasteiger partial charge in [0.1, 0.15) is 17.3 Å². The Morgan fingerprint density at radius 1 is 1.23 bits per heavy atom. The van der Waals surface area contributed by atoms with Crippen molar-refractivity contribution in [1.82, 2.24) is 10.5 Å². The van der Waals surface area contributed by atoms with E-state index in [9.17, 15) is 4.39 Å². The Kier molecular flexibility index (Phi) is 5.31. The molecule has 3 aromatic rings. The van der Waals surface area contributed by atoms with Gasteiger partial charge in [-0.05, 0) is 17.2 Å². The van der Waals surface area contributed by atoms with Crippen LogP contribution in [0.1, 0.15) is 29.9 Å². The van der Waals surface area contributed by atoms with Crippen molar-refractivity contribution >= 4 is 5.96 Å². The van der Waals surface area contributed by atoms with Crippen LogP contribution in [0.15, 0.2) is 64.1 Å². The summed E-state index contributed by atoms with van der Waals surface area (Å²) in [6.45, 7) is 2.37. The fourth-order valence-corrected chi connectivity index (χ4v) is 2.69. The predicted molar refractivity (Wildman–Crippen MR) is 100 cm³/mol. The van der Waals surface area contributed by atoms with Crippen LogP contribution >= 0.6 is 0 Å². The first-order chi connectivity index (χ1) is 12.6. The summed E-state index contributed by atoms with van der Waals surface area (Å²) in [5, 5.41) is 6.94. The third kappa shape index (κ3) is 3.91. The number of aliphatic imine (C=N–C) groups is 1.